The summed E-state index contributed by atoms with van der Waals surface area (Å²) in [6.07, 6.45) is 5.12. The molecule has 106 valence electrons. The molecule has 1 aromatic rings. The molecule has 2 unspecified atom stereocenters. The van der Waals surface area contributed by atoms with E-state index < -0.39 is 0 Å². The number of nitrogens with one attached hydrogen (secondary N) is 1. The van der Waals surface area contributed by atoms with Gasteiger partial charge in [-0.25, -0.2) is 4.39 Å². The van der Waals surface area contributed by atoms with Gasteiger partial charge in [-0.15, -0.1) is 0 Å². The van der Waals surface area contributed by atoms with Crippen LogP contribution in [0.2, 0.25) is 0 Å². The minimum absolute atomic E-state index is 0.124. The second-order valence-electron chi connectivity index (χ2n) is 5.54. The molecule has 0 aliphatic heterocycles. The molecule has 0 bridgehead atoms. The fourth-order valence-electron chi connectivity index (χ4n) is 3.17. The van der Waals surface area contributed by atoms with E-state index in [1.807, 2.05) is 19.2 Å². The molecule has 1 fully saturated rings. The van der Waals surface area contributed by atoms with Gasteiger partial charge in [0.1, 0.15) is 5.82 Å². The van der Waals surface area contributed by atoms with Gasteiger partial charge in [-0.1, -0.05) is 31.9 Å². The van der Waals surface area contributed by atoms with E-state index in [1.165, 1.54) is 31.7 Å². The topological polar surface area (TPSA) is 15.3 Å². The largest absolute Gasteiger partial charge is 0.372 e. The lowest BCUT2D eigenvalue weighted by Gasteiger charge is -2.35. The minimum Gasteiger partial charge on any atom is -0.372 e. The Bertz CT molecular complexity index is 392. The monoisotopic (exact) mass is 264 g/mol. The van der Waals surface area contributed by atoms with Crippen LogP contribution in [0.25, 0.3) is 0 Å². The van der Waals surface area contributed by atoms with Crippen molar-refractivity contribution in [3.05, 3.63) is 30.1 Å². The van der Waals surface area contributed by atoms with Crippen LogP contribution in [-0.2, 0) is 0 Å². The van der Waals surface area contributed by atoms with Crippen LogP contribution in [0.1, 0.15) is 32.6 Å². The first kappa shape index (κ1) is 14.3. The molecule has 0 aromatic heterocycles. The predicted molar refractivity (Wildman–Crippen MR) is 79.1 cm³/mol. The molecular weight excluding hydrogens is 239 g/mol. The Labute approximate surface area is 116 Å². The summed E-state index contributed by atoms with van der Waals surface area (Å²) in [5.41, 5.74) is 0.711. The van der Waals surface area contributed by atoms with Crippen molar-refractivity contribution in [1.29, 1.82) is 0 Å². The Morgan fingerprint density at radius 2 is 2.00 bits per heavy atom. The third-order valence-corrected chi connectivity index (χ3v) is 4.15. The van der Waals surface area contributed by atoms with Gasteiger partial charge >= 0.3 is 0 Å². The summed E-state index contributed by atoms with van der Waals surface area (Å²) >= 11 is 0. The van der Waals surface area contributed by atoms with Crippen LogP contribution in [0, 0.1) is 11.7 Å². The Morgan fingerprint density at radius 1 is 1.26 bits per heavy atom. The number of hydrogen-bond donors (Lipinski definition) is 1. The molecule has 0 amide bonds. The third kappa shape index (κ3) is 3.69. The van der Waals surface area contributed by atoms with E-state index in [-0.39, 0.29) is 5.82 Å². The van der Waals surface area contributed by atoms with E-state index in [0.717, 1.165) is 13.1 Å². The zero-order valence-corrected chi connectivity index (χ0v) is 12.0. The minimum atomic E-state index is -0.124. The number of para-hydroxylation sites is 1. The number of rotatable bonds is 5. The van der Waals surface area contributed by atoms with Crippen LogP contribution in [-0.4, -0.2) is 26.2 Å². The first-order valence-electron chi connectivity index (χ1n) is 7.41. The summed E-state index contributed by atoms with van der Waals surface area (Å²) in [6.45, 7) is 4.11. The second-order valence-corrected chi connectivity index (χ2v) is 5.54. The number of anilines is 1. The number of nitrogens with zero attached hydrogens (tertiary/aromatic N) is 1. The molecule has 1 aromatic carbocycles. The molecule has 2 atom stereocenters. The molecule has 0 spiro atoms. The Hall–Kier alpha value is -1.09. The summed E-state index contributed by atoms with van der Waals surface area (Å²) in [4.78, 5) is 2.07. The standard InChI is InChI=1S/C16H25FN2/c1-3-18-15-10-6-4-8-13(15)12-19(2)16-11-7-5-9-14(16)17/h5,7,9,11,13,15,18H,3-4,6,8,10,12H2,1-2H3. The summed E-state index contributed by atoms with van der Waals surface area (Å²) < 4.78 is 13.8. The quantitative estimate of drug-likeness (QED) is 0.876. The van der Waals surface area contributed by atoms with Gasteiger partial charge in [0, 0.05) is 19.6 Å². The van der Waals surface area contributed by atoms with E-state index >= 15 is 0 Å². The van der Waals surface area contributed by atoms with Crippen molar-refractivity contribution in [2.24, 2.45) is 5.92 Å². The first-order chi connectivity index (χ1) is 9.22. The van der Waals surface area contributed by atoms with Gasteiger partial charge in [0.05, 0.1) is 5.69 Å². The van der Waals surface area contributed by atoms with Crippen LogP contribution in [0.4, 0.5) is 10.1 Å². The lowest BCUT2D eigenvalue weighted by Crippen LogP contribution is -2.43. The summed E-state index contributed by atoms with van der Waals surface area (Å²) in [5.74, 6) is 0.499. The molecule has 1 aliphatic carbocycles. The maximum absolute atomic E-state index is 13.8. The Morgan fingerprint density at radius 3 is 2.74 bits per heavy atom. The van der Waals surface area contributed by atoms with Crippen LogP contribution < -0.4 is 10.2 Å². The molecule has 3 heteroatoms. The molecule has 1 N–H and O–H groups in total. The zero-order valence-electron chi connectivity index (χ0n) is 12.0. The number of halogens is 1. The molecule has 2 nitrogen and oxygen atoms in total. The van der Waals surface area contributed by atoms with Crippen molar-refractivity contribution in [2.45, 2.75) is 38.6 Å². The van der Waals surface area contributed by atoms with Crippen molar-refractivity contribution in [1.82, 2.24) is 5.32 Å². The van der Waals surface area contributed by atoms with Crippen LogP contribution in [0.15, 0.2) is 24.3 Å². The van der Waals surface area contributed by atoms with Gasteiger partial charge < -0.3 is 10.2 Å². The summed E-state index contributed by atoms with van der Waals surface area (Å²) in [5, 5.41) is 3.59. The van der Waals surface area contributed by atoms with Gasteiger partial charge in [-0.3, -0.25) is 0 Å². The van der Waals surface area contributed by atoms with Crippen LogP contribution >= 0.6 is 0 Å². The van der Waals surface area contributed by atoms with Gasteiger partial charge in [-0.2, -0.15) is 0 Å². The lowest BCUT2D eigenvalue weighted by atomic mass is 9.84. The average Bonchev–Trinajstić information content (AvgIpc) is 2.41. The predicted octanol–water partition coefficient (Wildman–Crippen LogP) is 3.43. The van der Waals surface area contributed by atoms with Crippen molar-refractivity contribution in [3.63, 3.8) is 0 Å². The Kier molecular flexibility index (Phi) is 5.20. The van der Waals surface area contributed by atoms with Gasteiger partial charge in [-0.05, 0) is 37.4 Å². The summed E-state index contributed by atoms with van der Waals surface area (Å²) in [6, 6.07) is 7.63. The number of benzene rings is 1. The van der Waals surface area contributed by atoms with Crippen LogP contribution in [0.5, 0.6) is 0 Å². The van der Waals surface area contributed by atoms with Crippen molar-refractivity contribution in [2.75, 3.05) is 25.0 Å². The average molecular weight is 264 g/mol. The molecule has 0 saturated heterocycles. The highest BCUT2D eigenvalue weighted by atomic mass is 19.1. The lowest BCUT2D eigenvalue weighted by molar-refractivity contribution is 0.269. The fraction of sp³-hybridized carbons (Fsp3) is 0.625. The molecule has 0 heterocycles. The maximum Gasteiger partial charge on any atom is 0.146 e. The van der Waals surface area contributed by atoms with E-state index in [2.05, 4.69) is 17.1 Å². The molecule has 2 rings (SSSR count). The van der Waals surface area contributed by atoms with Crippen molar-refractivity contribution in [3.8, 4) is 0 Å². The highest BCUT2D eigenvalue weighted by Crippen LogP contribution is 2.27. The van der Waals surface area contributed by atoms with Gasteiger partial charge in [0.2, 0.25) is 0 Å². The summed E-state index contributed by atoms with van der Waals surface area (Å²) in [7, 11) is 2.00. The Balaban J connectivity index is 2.00. The molecule has 0 radical (unpaired) electrons. The molecule has 1 saturated carbocycles. The molecule has 19 heavy (non-hydrogen) atoms. The fourth-order valence-corrected chi connectivity index (χ4v) is 3.17. The SMILES string of the molecule is CCNC1CCCCC1CN(C)c1ccccc1F. The maximum atomic E-state index is 13.8. The first-order valence-corrected chi connectivity index (χ1v) is 7.41. The van der Waals surface area contributed by atoms with E-state index in [1.54, 1.807) is 6.07 Å². The highest BCUT2D eigenvalue weighted by molar-refractivity contribution is 5.46. The van der Waals surface area contributed by atoms with Crippen molar-refractivity contribution >= 4 is 5.69 Å². The smallest absolute Gasteiger partial charge is 0.146 e. The van der Waals surface area contributed by atoms with Crippen molar-refractivity contribution < 1.29 is 4.39 Å². The third-order valence-electron chi connectivity index (χ3n) is 4.15. The second kappa shape index (κ2) is 6.90. The van der Waals surface area contributed by atoms with E-state index in [0.29, 0.717) is 17.6 Å². The number of hydrogen-bond acceptors (Lipinski definition) is 2. The molecule has 1 aliphatic rings. The van der Waals surface area contributed by atoms with E-state index in [9.17, 15) is 4.39 Å². The zero-order chi connectivity index (χ0) is 13.7. The van der Waals surface area contributed by atoms with Crippen LogP contribution in [0.3, 0.4) is 0 Å². The van der Waals surface area contributed by atoms with Gasteiger partial charge in [0.25, 0.3) is 0 Å². The highest BCUT2D eigenvalue weighted by Gasteiger charge is 2.25. The normalized spacial score (nSPS) is 23.3. The van der Waals surface area contributed by atoms with E-state index in [4.69, 9.17) is 0 Å². The van der Waals surface area contributed by atoms with Gasteiger partial charge in [0.15, 0.2) is 0 Å². The molecular formula is C16H25FN2.